The van der Waals surface area contributed by atoms with Gasteiger partial charge in [0.15, 0.2) is 0 Å². The molecule has 2 amide bonds. The van der Waals surface area contributed by atoms with Gasteiger partial charge in [-0.2, -0.15) is 0 Å². The van der Waals surface area contributed by atoms with Crippen molar-refractivity contribution in [3.8, 4) is 0 Å². The van der Waals surface area contributed by atoms with Crippen LogP contribution in [0.3, 0.4) is 0 Å². The average molecular weight is 417 g/mol. The molecule has 1 N–H and O–H groups in total. The monoisotopic (exact) mass is 416 g/mol. The van der Waals surface area contributed by atoms with Crippen molar-refractivity contribution in [1.29, 1.82) is 0 Å². The lowest BCUT2D eigenvalue weighted by Crippen LogP contribution is -2.69. The second-order valence-corrected chi connectivity index (χ2v) is 8.47. The van der Waals surface area contributed by atoms with E-state index in [9.17, 15) is 14.0 Å². The summed E-state index contributed by atoms with van der Waals surface area (Å²) < 4.78 is 20.1. The molecule has 2 aliphatic heterocycles. The third-order valence-electron chi connectivity index (χ3n) is 4.68. The molecule has 26 heavy (non-hydrogen) atoms. The third-order valence-corrected chi connectivity index (χ3v) is 6.33. The Morgan fingerprint density at radius 2 is 2.19 bits per heavy atom. The number of fused-ring (bicyclic) bond motifs is 1. The lowest BCUT2D eigenvalue weighted by atomic mass is 9.91. The highest BCUT2D eigenvalue weighted by Gasteiger charge is 2.51. The molecule has 9 heteroatoms. The summed E-state index contributed by atoms with van der Waals surface area (Å²) in [4.78, 5) is 26.4. The minimum Gasteiger partial charge on any atom is -0.447 e. The van der Waals surface area contributed by atoms with Crippen LogP contribution in [-0.2, 0) is 11.2 Å². The fraction of sp³-hybridized carbons (Fsp3) is 0.412. The first-order chi connectivity index (χ1) is 12.4. The summed E-state index contributed by atoms with van der Waals surface area (Å²) in [6, 6.07) is 2.94. The molecule has 0 saturated carbocycles. The molecule has 1 aromatic carbocycles. The zero-order valence-electron chi connectivity index (χ0n) is 13.6. The summed E-state index contributed by atoms with van der Waals surface area (Å²) in [5.41, 5.74) is 0.186. The number of nitrogens with zero attached hydrogens (tertiary/aromatic N) is 1. The van der Waals surface area contributed by atoms with E-state index in [4.69, 9.17) is 27.9 Å². The first-order valence-electron chi connectivity index (χ1n) is 8.13. The zero-order chi connectivity index (χ0) is 18.5. The van der Waals surface area contributed by atoms with Gasteiger partial charge in [0, 0.05) is 34.1 Å². The van der Waals surface area contributed by atoms with Crippen LogP contribution < -0.4 is 5.32 Å². The highest BCUT2D eigenvalue weighted by molar-refractivity contribution is 7.21. The summed E-state index contributed by atoms with van der Waals surface area (Å²) in [5, 5.41) is 3.49. The Hall–Kier alpha value is -1.57. The molecule has 1 aromatic heterocycles. The number of carbonyl (C=O) groups excluding carboxylic acids is 2. The average Bonchev–Trinajstić information content (AvgIpc) is 3.12. The Bertz CT molecular complexity index is 911. The van der Waals surface area contributed by atoms with Crippen molar-refractivity contribution >= 4 is 56.6 Å². The fourth-order valence-corrected chi connectivity index (χ4v) is 5.17. The molecule has 2 fully saturated rings. The number of amides is 2. The number of benzene rings is 1. The summed E-state index contributed by atoms with van der Waals surface area (Å²) in [5.74, 6) is -0.168. The number of nitrogens with one attached hydrogen (secondary N) is 1. The van der Waals surface area contributed by atoms with Crippen LogP contribution in [0.4, 0.5) is 9.18 Å². The predicted octanol–water partition coefficient (Wildman–Crippen LogP) is 3.80. The molecule has 1 spiro atoms. The van der Waals surface area contributed by atoms with Gasteiger partial charge < -0.3 is 15.0 Å². The molecule has 2 aliphatic rings. The van der Waals surface area contributed by atoms with Crippen LogP contribution in [0, 0.1) is 5.82 Å². The number of alkyl halides is 1. The number of likely N-dealkylation sites (tertiary alicyclic amines) is 1. The molecule has 5 nitrogen and oxygen atoms in total. The van der Waals surface area contributed by atoms with Gasteiger partial charge in [-0.15, -0.1) is 22.9 Å². The Kier molecular flexibility index (Phi) is 4.49. The molecule has 2 saturated heterocycles. The maximum Gasteiger partial charge on any atom is 0.407 e. The highest BCUT2D eigenvalue weighted by Crippen LogP contribution is 2.38. The van der Waals surface area contributed by atoms with Crippen molar-refractivity contribution < 1.29 is 18.7 Å². The van der Waals surface area contributed by atoms with Gasteiger partial charge in [-0.25, -0.2) is 9.18 Å². The highest BCUT2D eigenvalue weighted by atomic mass is 35.5. The Labute approximate surface area is 163 Å². The molecule has 0 unspecified atom stereocenters. The van der Waals surface area contributed by atoms with Gasteiger partial charge in [-0.1, -0.05) is 11.6 Å². The van der Waals surface area contributed by atoms with E-state index in [1.807, 2.05) is 0 Å². The number of carbonyl (C=O) groups is 2. The topological polar surface area (TPSA) is 58.6 Å². The minimum atomic E-state index is -0.492. The smallest absolute Gasteiger partial charge is 0.407 e. The van der Waals surface area contributed by atoms with E-state index < -0.39 is 17.4 Å². The molecular formula is C17H15Cl2FN2O3S. The van der Waals surface area contributed by atoms with Crippen LogP contribution in [0.1, 0.15) is 21.7 Å². The number of alkyl carbamates (subject to hydrolysis) is 1. The first-order valence-corrected chi connectivity index (χ1v) is 9.86. The second-order valence-electron chi connectivity index (χ2n) is 6.61. The van der Waals surface area contributed by atoms with Crippen molar-refractivity contribution in [2.75, 3.05) is 25.6 Å². The largest absolute Gasteiger partial charge is 0.447 e. The molecule has 138 valence electrons. The van der Waals surface area contributed by atoms with E-state index in [0.29, 0.717) is 57.4 Å². The van der Waals surface area contributed by atoms with Crippen LogP contribution in [-0.4, -0.2) is 48.0 Å². The summed E-state index contributed by atoms with van der Waals surface area (Å²) in [6.45, 7) is 1.01. The Morgan fingerprint density at radius 1 is 1.42 bits per heavy atom. The van der Waals surface area contributed by atoms with Gasteiger partial charge in [0.2, 0.25) is 0 Å². The zero-order valence-corrected chi connectivity index (χ0v) is 15.9. The second kappa shape index (κ2) is 6.55. The molecule has 2 aromatic rings. The van der Waals surface area contributed by atoms with E-state index in [0.717, 1.165) is 0 Å². The molecule has 4 rings (SSSR count). The van der Waals surface area contributed by atoms with Gasteiger partial charge >= 0.3 is 6.09 Å². The number of hydrogen-bond donors (Lipinski definition) is 1. The van der Waals surface area contributed by atoms with E-state index in [-0.39, 0.29) is 12.5 Å². The Morgan fingerprint density at radius 3 is 2.85 bits per heavy atom. The van der Waals surface area contributed by atoms with Crippen LogP contribution in [0.5, 0.6) is 0 Å². The van der Waals surface area contributed by atoms with Crippen molar-refractivity contribution in [2.45, 2.75) is 18.4 Å². The lowest BCUT2D eigenvalue weighted by molar-refractivity contribution is 0.0321. The number of cyclic esters (lactones) is 1. The van der Waals surface area contributed by atoms with Gasteiger partial charge in [-0.05, 0) is 30.5 Å². The molecule has 0 aliphatic carbocycles. The molecule has 0 radical (unpaired) electrons. The number of aryl methyl sites for hydroxylation is 1. The van der Waals surface area contributed by atoms with Crippen LogP contribution in [0.15, 0.2) is 12.1 Å². The predicted molar refractivity (Wildman–Crippen MR) is 99.0 cm³/mol. The summed E-state index contributed by atoms with van der Waals surface area (Å²) >= 11 is 13.0. The van der Waals surface area contributed by atoms with Crippen LogP contribution in [0.25, 0.3) is 10.1 Å². The summed E-state index contributed by atoms with van der Waals surface area (Å²) in [7, 11) is 0. The number of halogens is 3. The third kappa shape index (κ3) is 2.92. The SMILES string of the molecule is O=C1NC2(CO1)CN(C(=O)c1sc3cc(Cl)cc(F)c3c1CCCCl)C2. The van der Waals surface area contributed by atoms with E-state index in [2.05, 4.69) is 5.32 Å². The van der Waals surface area contributed by atoms with Gasteiger partial charge in [0.25, 0.3) is 5.91 Å². The van der Waals surface area contributed by atoms with Crippen LogP contribution in [0.2, 0.25) is 5.02 Å². The maximum atomic E-state index is 14.5. The number of hydrogen-bond acceptors (Lipinski definition) is 4. The van der Waals surface area contributed by atoms with Crippen molar-refractivity contribution in [3.05, 3.63) is 33.4 Å². The normalized spacial score (nSPS) is 18.1. The van der Waals surface area contributed by atoms with E-state index >= 15 is 0 Å². The van der Waals surface area contributed by atoms with Gasteiger partial charge in [-0.3, -0.25) is 4.79 Å². The number of rotatable bonds is 4. The van der Waals surface area contributed by atoms with Crippen molar-refractivity contribution in [2.24, 2.45) is 0 Å². The van der Waals surface area contributed by atoms with Crippen molar-refractivity contribution in [3.63, 3.8) is 0 Å². The first kappa shape index (κ1) is 17.8. The maximum absolute atomic E-state index is 14.5. The number of ether oxygens (including phenoxy) is 1. The quantitative estimate of drug-likeness (QED) is 0.771. The molecule has 3 heterocycles. The van der Waals surface area contributed by atoms with Gasteiger partial charge in [0.1, 0.15) is 18.0 Å². The fourth-order valence-electron chi connectivity index (χ4n) is 3.50. The lowest BCUT2D eigenvalue weighted by Gasteiger charge is -2.45. The van der Waals surface area contributed by atoms with Gasteiger partial charge in [0.05, 0.1) is 4.88 Å². The Balaban J connectivity index is 1.66. The molecule has 0 bridgehead atoms. The standard InChI is InChI=1S/C17H15Cl2FN2O3S/c18-3-1-2-10-13-11(20)4-9(19)5-12(13)26-14(10)15(23)22-6-17(7-22)8-25-16(24)21-17/h4-5H,1-3,6-8H2,(H,21,24). The summed E-state index contributed by atoms with van der Waals surface area (Å²) in [6.07, 6.45) is 0.699. The van der Waals surface area contributed by atoms with E-state index in [1.54, 1.807) is 11.0 Å². The number of thiophene rings is 1. The molecular weight excluding hydrogens is 402 g/mol. The minimum absolute atomic E-state index is 0.168. The van der Waals surface area contributed by atoms with Crippen molar-refractivity contribution in [1.82, 2.24) is 10.2 Å². The molecule has 0 atom stereocenters. The van der Waals surface area contributed by atoms with E-state index in [1.165, 1.54) is 17.4 Å². The van der Waals surface area contributed by atoms with Crippen LogP contribution >= 0.6 is 34.5 Å².